The van der Waals surface area contributed by atoms with E-state index in [0.717, 1.165) is 32.5 Å². The van der Waals surface area contributed by atoms with Crippen molar-refractivity contribution in [3.8, 4) is 0 Å². The van der Waals surface area contributed by atoms with E-state index in [1.54, 1.807) is 0 Å². The first kappa shape index (κ1) is 21.4. The molecule has 23 heavy (non-hydrogen) atoms. The van der Waals surface area contributed by atoms with Crippen molar-refractivity contribution < 1.29 is 4.79 Å². The Hall–Kier alpha value is 0.320. The van der Waals surface area contributed by atoms with Gasteiger partial charge in [-0.05, 0) is 32.2 Å². The quantitative estimate of drug-likeness (QED) is 0.781. The predicted octanol–water partition coefficient (Wildman–Crippen LogP) is 2.31. The highest BCUT2D eigenvalue weighted by Crippen LogP contribution is 2.36. The van der Waals surface area contributed by atoms with E-state index >= 15 is 0 Å². The second kappa shape index (κ2) is 10.3. The average Bonchev–Trinajstić information content (AvgIpc) is 3.04. The first-order chi connectivity index (χ1) is 10.3. The zero-order valence-electron chi connectivity index (χ0n) is 13.8. The summed E-state index contributed by atoms with van der Waals surface area (Å²) in [6.45, 7) is 5.20. The third kappa shape index (κ3) is 5.40. The topological polar surface area (TPSA) is 44.4 Å². The number of piperidine rings is 1. The van der Waals surface area contributed by atoms with E-state index in [2.05, 4.69) is 27.3 Å². The lowest BCUT2D eigenvalue weighted by molar-refractivity contribution is -0.126. The molecule has 0 spiro atoms. The molecule has 3 rings (SSSR count). The molecule has 2 saturated heterocycles. The molecule has 7 heteroatoms. The Morgan fingerprint density at radius 1 is 1.17 bits per heavy atom. The zero-order valence-corrected chi connectivity index (χ0v) is 16.3. The Labute approximate surface area is 157 Å². The van der Waals surface area contributed by atoms with Crippen LogP contribution in [0.2, 0.25) is 0 Å². The zero-order chi connectivity index (χ0) is 14.5. The fourth-order valence-corrected chi connectivity index (χ4v) is 5.05. The van der Waals surface area contributed by atoms with Crippen LogP contribution in [0.5, 0.6) is 0 Å². The lowest BCUT2D eigenvalue weighted by atomic mass is 9.93. The van der Waals surface area contributed by atoms with E-state index in [9.17, 15) is 4.79 Å². The molecule has 0 aromatic heterocycles. The van der Waals surface area contributed by atoms with Gasteiger partial charge in [-0.15, -0.1) is 24.8 Å². The van der Waals surface area contributed by atoms with Crippen LogP contribution in [0.15, 0.2) is 0 Å². The van der Waals surface area contributed by atoms with E-state index < -0.39 is 0 Å². The fraction of sp³-hybridized carbons (Fsp3) is 0.938. The lowest BCUT2D eigenvalue weighted by Crippen LogP contribution is -2.57. The molecule has 2 N–H and O–H groups in total. The molecule has 0 bridgehead atoms. The molecule has 1 unspecified atom stereocenters. The molecule has 136 valence electrons. The van der Waals surface area contributed by atoms with Crippen LogP contribution >= 0.6 is 36.6 Å². The van der Waals surface area contributed by atoms with E-state index in [1.165, 1.54) is 50.3 Å². The van der Waals surface area contributed by atoms with Gasteiger partial charge in [0.05, 0.1) is 5.92 Å². The second-order valence-corrected chi connectivity index (χ2v) is 8.02. The van der Waals surface area contributed by atoms with Crippen LogP contribution in [0.3, 0.4) is 0 Å². The fourth-order valence-electron chi connectivity index (χ4n) is 4.15. The van der Waals surface area contributed by atoms with Crippen molar-refractivity contribution in [3.63, 3.8) is 0 Å². The summed E-state index contributed by atoms with van der Waals surface area (Å²) in [6.07, 6.45) is 7.36. The Bertz CT molecular complexity index is 355. The van der Waals surface area contributed by atoms with Crippen LogP contribution in [-0.4, -0.2) is 60.6 Å². The number of hydrogen-bond donors (Lipinski definition) is 2. The number of carbonyl (C=O) groups is 1. The highest BCUT2D eigenvalue weighted by Gasteiger charge is 2.40. The summed E-state index contributed by atoms with van der Waals surface area (Å²) >= 11 is 2.07. The highest BCUT2D eigenvalue weighted by molar-refractivity contribution is 7.99. The highest BCUT2D eigenvalue weighted by atomic mass is 35.5. The molecule has 0 aromatic rings. The Kier molecular flexibility index (Phi) is 9.61. The molecule has 3 fully saturated rings. The number of rotatable bonds is 4. The van der Waals surface area contributed by atoms with Gasteiger partial charge in [-0.2, -0.15) is 11.8 Å². The second-order valence-electron chi connectivity index (χ2n) is 6.79. The number of nitrogens with one attached hydrogen (secondary N) is 2. The van der Waals surface area contributed by atoms with E-state index in [0.29, 0.717) is 0 Å². The summed E-state index contributed by atoms with van der Waals surface area (Å²) in [6, 6.07) is 0. The first-order valence-electron chi connectivity index (χ1n) is 8.61. The Morgan fingerprint density at radius 3 is 2.48 bits per heavy atom. The van der Waals surface area contributed by atoms with Gasteiger partial charge in [-0.25, -0.2) is 0 Å². The van der Waals surface area contributed by atoms with Gasteiger partial charge in [0.2, 0.25) is 5.91 Å². The van der Waals surface area contributed by atoms with Gasteiger partial charge in [-0.1, -0.05) is 12.8 Å². The van der Waals surface area contributed by atoms with Gasteiger partial charge >= 0.3 is 0 Å². The van der Waals surface area contributed by atoms with Gasteiger partial charge in [0.1, 0.15) is 0 Å². The molecular weight excluding hydrogens is 353 g/mol. The third-order valence-electron chi connectivity index (χ3n) is 5.48. The molecule has 0 radical (unpaired) electrons. The van der Waals surface area contributed by atoms with E-state index in [1.807, 2.05) is 0 Å². The summed E-state index contributed by atoms with van der Waals surface area (Å²) in [5, 5.41) is 6.65. The van der Waals surface area contributed by atoms with Crippen molar-refractivity contribution in [1.82, 2.24) is 15.5 Å². The van der Waals surface area contributed by atoms with Crippen molar-refractivity contribution >= 4 is 42.5 Å². The summed E-state index contributed by atoms with van der Waals surface area (Å²) in [5.74, 6) is 2.97. The number of nitrogens with zero attached hydrogens (tertiary/aromatic N) is 1. The third-order valence-corrected chi connectivity index (χ3v) is 6.42. The van der Waals surface area contributed by atoms with Crippen LogP contribution in [0.25, 0.3) is 0 Å². The lowest BCUT2D eigenvalue weighted by Gasteiger charge is -2.43. The Balaban J connectivity index is 0.00000132. The first-order valence-corrected chi connectivity index (χ1v) is 9.77. The van der Waals surface area contributed by atoms with Crippen LogP contribution in [0.4, 0.5) is 0 Å². The van der Waals surface area contributed by atoms with Crippen molar-refractivity contribution in [1.29, 1.82) is 0 Å². The molecule has 1 saturated carbocycles. The van der Waals surface area contributed by atoms with Gasteiger partial charge in [-0.3, -0.25) is 9.69 Å². The van der Waals surface area contributed by atoms with E-state index in [4.69, 9.17) is 0 Å². The van der Waals surface area contributed by atoms with Crippen LogP contribution in [-0.2, 0) is 4.79 Å². The minimum atomic E-state index is 0. The maximum atomic E-state index is 12.4. The van der Waals surface area contributed by atoms with Gasteiger partial charge in [0, 0.05) is 43.2 Å². The number of hydrogen-bond acceptors (Lipinski definition) is 4. The minimum Gasteiger partial charge on any atom is -0.354 e. The van der Waals surface area contributed by atoms with Crippen molar-refractivity contribution in [3.05, 3.63) is 0 Å². The average molecular weight is 384 g/mol. The molecule has 1 aliphatic carbocycles. The van der Waals surface area contributed by atoms with Gasteiger partial charge in [0.15, 0.2) is 0 Å². The largest absolute Gasteiger partial charge is 0.354 e. The molecule has 0 aromatic carbocycles. The number of amides is 1. The van der Waals surface area contributed by atoms with Crippen LogP contribution < -0.4 is 10.6 Å². The molecule has 1 atom stereocenters. The SMILES string of the molecule is Cl.Cl.O=C(NCC1(N2CCSCC2)CCCC1)C1CCCNC1. The number of thioether (sulfide) groups is 1. The van der Waals surface area contributed by atoms with Gasteiger partial charge < -0.3 is 10.6 Å². The molecule has 1 amide bonds. The normalized spacial score (nSPS) is 27.6. The minimum absolute atomic E-state index is 0. The summed E-state index contributed by atoms with van der Waals surface area (Å²) in [5.41, 5.74) is 0.263. The maximum absolute atomic E-state index is 12.4. The monoisotopic (exact) mass is 383 g/mol. The molecule has 3 aliphatic rings. The molecule has 2 heterocycles. The van der Waals surface area contributed by atoms with Crippen molar-refractivity contribution in [2.45, 2.75) is 44.1 Å². The maximum Gasteiger partial charge on any atom is 0.224 e. The summed E-state index contributed by atoms with van der Waals surface area (Å²) in [7, 11) is 0. The van der Waals surface area contributed by atoms with E-state index in [-0.39, 0.29) is 42.2 Å². The van der Waals surface area contributed by atoms with Gasteiger partial charge in [0.25, 0.3) is 0 Å². The standard InChI is InChI=1S/C16H29N3OS.2ClH/c20-15(14-4-3-7-17-12-14)18-13-16(5-1-2-6-16)19-8-10-21-11-9-19;;/h14,17H,1-13H2,(H,18,20);2*1H. The smallest absolute Gasteiger partial charge is 0.224 e. The number of halogens is 2. The number of carbonyl (C=O) groups excluding carboxylic acids is 1. The van der Waals surface area contributed by atoms with Crippen LogP contribution in [0, 0.1) is 5.92 Å². The molecular formula is C16H31Cl2N3OS. The molecule has 4 nitrogen and oxygen atoms in total. The Morgan fingerprint density at radius 2 is 1.87 bits per heavy atom. The van der Waals surface area contributed by atoms with Crippen LogP contribution in [0.1, 0.15) is 38.5 Å². The summed E-state index contributed by atoms with van der Waals surface area (Å²) in [4.78, 5) is 15.1. The predicted molar refractivity (Wildman–Crippen MR) is 103 cm³/mol. The van der Waals surface area contributed by atoms with Crippen molar-refractivity contribution in [2.75, 3.05) is 44.2 Å². The molecule has 2 aliphatic heterocycles. The summed E-state index contributed by atoms with van der Waals surface area (Å²) < 4.78 is 0. The van der Waals surface area contributed by atoms with Crippen molar-refractivity contribution in [2.24, 2.45) is 5.92 Å².